The second-order valence-corrected chi connectivity index (χ2v) is 12.4. The second-order valence-electron chi connectivity index (χ2n) is 8.79. The Morgan fingerprint density at radius 3 is 2.69 bits per heavy atom. The molecule has 0 saturated carbocycles. The number of aryl methyl sites for hydroxylation is 1. The molecule has 1 aliphatic heterocycles. The minimum absolute atomic E-state index is 0.305. The van der Waals surface area contributed by atoms with Crippen molar-refractivity contribution < 1.29 is 17.5 Å². The Balaban J connectivity index is 1.33. The molecule has 0 atom stereocenters. The molecule has 0 radical (unpaired) electrons. The molecular formula is C28H28N2O3S3. The maximum atomic E-state index is 11.1. The number of para-hydroxylation sites is 2. The van der Waals surface area contributed by atoms with Crippen LogP contribution in [0.4, 0.5) is 5.69 Å². The van der Waals surface area contributed by atoms with Crippen molar-refractivity contribution >= 4 is 55.2 Å². The van der Waals surface area contributed by atoms with Crippen LogP contribution in [0.1, 0.15) is 31.2 Å². The van der Waals surface area contributed by atoms with Gasteiger partial charge in [-0.2, -0.15) is 4.57 Å². The van der Waals surface area contributed by atoms with Gasteiger partial charge in [-0.3, -0.25) is 0 Å². The highest BCUT2D eigenvalue weighted by Crippen LogP contribution is 2.45. The third-order valence-electron chi connectivity index (χ3n) is 6.32. The summed E-state index contributed by atoms with van der Waals surface area (Å²) in [6.07, 6.45) is 13.3. The molecule has 0 N–H and O–H groups in total. The quantitative estimate of drug-likeness (QED) is 0.251. The summed E-state index contributed by atoms with van der Waals surface area (Å²) in [6.45, 7) is 3.62. The van der Waals surface area contributed by atoms with Crippen molar-refractivity contribution in [3.8, 4) is 0 Å². The first-order valence-electron chi connectivity index (χ1n) is 12.1. The van der Waals surface area contributed by atoms with Gasteiger partial charge in [-0.1, -0.05) is 65.6 Å². The molecule has 0 fully saturated rings. The minimum Gasteiger partial charge on any atom is -0.748 e. The topological polar surface area (TPSA) is 64.3 Å². The van der Waals surface area contributed by atoms with E-state index in [1.165, 1.54) is 26.8 Å². The average Bonchev–Trinajstić information content (AvgIpc) is 3.55. The number of aromatic nitrogens is 1. The van der Waals surface area contributed by atoms with Crippen LogP contribution in [0.15, 0.2) is 93.9 Å². The smallest absolute Gasteiger partial charge is 0.262 e. The number of thioether (sulfide) groups is 1. The molecule has 1 aromatic heterocycles. The van der Waals surface area contributed by atoms with E-state index in [4.69, 9.17) is 0 Å². The van der Waals surface area contributed by atoms with E-state index in [9.17, 15) is 13.0 Å². The van der Waals surface area contributed by atoms with Gasteiger partial charge in [-0.25, -0.2) is 8.42 Å². The molecule has 2 aliphatic rings. The normalized spacial score (nSPS) is 18.2. The zero-order valence-corrected chi connectivity index (χ0v) is 22.5. The Morgan fingerprint density at radius 1 is 1.06 bits per heavy atom. The Kier molecular flexibility index (Phi) is 7.48. The van der Waals surface area contributed by atoms with Crippen LogP contribution in [0.25, 0.3) is 16.3 Å². The van der Waals surface area contributed by atoms with E-state index in [2.05, 4.69) is 77.1 Å². The lowest BCUT2D eigenvalue weighted by molar-refractivity contribution is -0.668. The van der Waals surface area contributed by atoms with Gasteiger partial charge in [0.25, 0.3) is 5.01 Å². The summed E-state index contributed by atoms with van der Waals surface area (Å²) < 4.78 is 36.5. The molecule has 186 valence electrons. The summed E-state index contributed by atoms with van der Waals surface area (Å²) in [5.74, 6) is -0.346. The summed E-state index contributed by atoms with van der Waals surface area (Å²) in [5.41, 5.74) is 4.94. The third-order valence-corrected chi connectivity index (χ3v) is 9.37. The van der Waals surface area contributed by atoms with Gasteiger partial charge in [0.1, 0.15) is 4.70 Å². The van der Waals surface area contributed by atoms with E-state index in [1.54, 1.807) is 11.3 Å². The van der Waals surface area contributed by atoms with Crippen molar-refractivity contribution in [1.29, 1.82) is 0 Å². The number of allylic oxidation sites excluding steroid dienone is 6. The summed E-state index contributed by atoms with van der Waals surface area (Å²) in [6, 6.07) is 16.6. The SMILES string of the molecule is CCN1C(=CC=C2C=C(C=Cc3sc4ccccc4[n+]3CCCS(=O)(=O)[O-])CC2)Sc2ccccc21. The van der Waals surface area contributed by atoms with Gasteiger partial charge in [0.2, 0.25) is 5.52 Å². The molecule has 0 bridgehead atoms. The Morgan fingerprint density at radius 2 is 1.86 bits per heavy atom. The number of fused-ring (bicyclic) bond motifs is 2. The van der Waals surface area contributed by atoms with Crippen LogP contribution in [0.3, 0.4) is 0 Å². The lowest BCUT2D eigenvalue weighted by Gasteiger charge is -2.17. The van der Waals surface area contributed by atoms with Crippen molar-refractivity contribution in [3.05, 3.63) is 94.0 Å². The lowest BCUT2D eigenvalue weighted by atomic mass is 10.2. The fourth-order valence-corrected chi connectivity index (χ4v) is 7.30. The maximum absolute atomic E-state index is 11.1. The van der Waals surface area contributed by atoms with E-state index < -0.39 is 10.1 Å². The molecule has 0 unspecified atom stereocenters. The standard InChI is InChI=1S/C28H28N2O3S3/c1-2-29-23-8-3-5-10-25(23)34-27(29)16-14-21-12-13-22(20-21)15-17-28-30(18-7-19-36(31,32)33)24-9-4-6-11-26(24)35-28/h3-6,8-11,14-17,20H,2,7,12-13,18-19H2,1H3. The summed E-state index contributed by atoms with van der Waals surface area (Å²) in [5, 5.41) is 2.31. The second kappa shape index (κ2) is 10.8. The number of anilines is 1. The van der Waals surface area contributed by atoms with Crippen molar-refractivity contribution in [2.75, 3.05) is 17.2 Å². The number of benzene rings is 2. The first kappa shape index (κ1) is 25.0. The number of hydrogen-bond acceptors (Lipinski definition) is 6. The summed E-state index contributed by atoms with van der Waals surface area (Å²) in [7, 11) is -4.21. The highest BCUT2D eigenvalue weighted by molar-refractivity contribution is 8.03. The van der Waals surface area contributed by atoms with Crippen LogP contribution >= 0.6 is 23.1 Å². The Labute approximate surface area is 220 Å². The zero-order valence-electron chi connectivity index (χ0n) is 20.1. The van der Waals surface area contributed by atoms with Crippen molar-refractivity contribution in [3.63, 3.8) is 0 Å². The van der Waals surface area contributed by atoms with Crippen LogP contribution in [0.5, 0.6) is 0 Å². The maximum Gasteiger partial charge on any atom is 0.262 e. The van der Waals surface area contributed by atoms with Gasteiger partial charge in [-0.05, 0) is 55.2 Å². The van der Waals surface area contributed by atoms with Gasteiger partial charge in [-0.15, -0.1) is 0 Å². The largest absolute Gasteiger partial charge is 0.748 e. The van der Waals surface area contributed by atoms with Crippen LogP contribution in [0, 0.1) is 0 Å². The zero-order chi connectivity index (χ0) is 25.1. The Hall–Kier alpha value is -2.65. The van der Waals surface area contributed by atoms with Gasteiger partial charge >= 0.3 is 0 Å². The minimum atomic E-state index is -4.21. The molecule has 8 heteroatoms. The molecule has 36 heavy (non-hydrogen) atoms. The molecule has 0 saturated heterocycles. The highest BCUT2D eigenvalue weighted by atomic mass is 32.2. The fraction of sp³-hybridized carbons (Fsp3) is 0.250. The average molecular weight is 537 g/mol. The van der Waals surface area contributed by atoms with Crippen LogP contribution in [-0.4, -0.2) is 25.3 Å². The number of nitrogens with zero attached hydrogens (tertiary/aromatic N) is 2. The van der Waals surface area contributed by atoms with Gasteiger partial charge in [0.05, 0.1) is 20.8 Å². The molecule has 0 spiro atoms. The van der Waals surface area contributed by atoms with E-state index in [-0.39, 0.29) is 5.75 Å². The predicted molar refractivity (Wildman–Crippen MR) is 149 cm³/mol. The molecular weight excluding hydrogens is 509 g/mol. The first-order chi connectivity index (χ1) is 17.4. The third kappa shape index (κ3) is 5.67. The van der Waals surface area contributed by atoms with Gasteiger partial charge in [0.15, 0.2) is 6.54 Å². The summed E-state index contributed by atoms with van der Waals surface area (Å²) >= 11 is 3.50. The lowest BCUT2D eigenvalue weighted by Crippen LogP contribution is -2.35. The fourth-order valence-electron chi connectivity index (χ4n) is 4.60. The van der Waals surface area contributed by atoms with E-state index >= 15 is 0 Å². The van der Waals surface area contributed by atoms with Crippen molar-refractivity contribution in [1.82, 2.24) is 0 Å². The first-order valence-corrected chi connectivity index (χ1v) is 15.3. The monoisotopic (exact) mass is 536 g/mol. The van der Waals surface area contributed by atoms with Crippen LogP contribution in [-0.2, 0) is 16.7 Å². The molecule has 3 aromatic rings. The number of thiazole rings is 1. The van der Waals surface area contributed by atoms with E-state index in [0.29, 0.717) is 13.0 Å². The van der Waals surface area contributed by atoms with Crippen LogP contribution < -0.4 is 9.47 Å². The van der Waals surface area contributed by atoms with Gasteiger partial charge in [0, 0.05) is 35.8 Å². The van der Waals surface area contributed by atoms with Crippen molar-refractivity contribution in [2.24, 2.45) is 0 Å². The summed E-state index contributed by atoms with van der Waals surface area (Å²) in [4.78, 5) is 3.66. The molecule has 1 aliphatic carbocycles. The number of rotatable bonds is 8. The molecule has 2 aromatic carbocycles. The molecule has 2 heterocycles. The Bertz CT molecular complexity index is 1510. The highest BCUT2D eigenvalue weighted by Gasteiger charge is 2.23. The van der Waals surface area contributed by atoms with Gasteiger partial charge < -0.3 is 9.45 Å². The predicted octanol–water partition coefficient (Wildman–Crippen LogP) is 6.26. The van der Waals surface area contributed by atoms with Crippen LogP contribution in [0.2, 0.25) is 0 Å². The number of hydrogen-bond donors (Lipinski definition) is 0. The molecule has 0 amide bonds. The van der Waals surface area contributed by atoms with E-state index in [1.807, 2.05) is 30.0 Å². The van der Waals surface area contributed by atoms with E-state index in [0.717, 1.165) is 34.6 Å². The molecule has 5 rings (SSSR count). The molecule has 5 nitrogen and oxygen atoms in total. The van der Waals surface area contributed by atoms with Crippen molar-refractivity contribution in [2.45, 2.75) is 37.6 Å².